The molecule has 1 atom stereocenters. The van der Waals surface area contributed by atoms with Gasteiger partial charge in [-0.05, 0) is 38.0 Å². The molecule has 0 aromatic heterocycles. The lowest BCUT2D eigenvalue weighted by Gasteiger charge is -2.35. The van der Waals surface area contributed by atoms with Crippen molar-refractivity contribution < 1.29 is 27.8 Å². The predicted octanol–water partition coefficient (Wildman–Crippen LogP) is 4.59. The number of para-hydroxylation sites is 1. The zero-order chi connectivity index (χ0) is 23.7. The second-order valence-electron chi connectivity index (χ2n) is 7.92. The molecule has 2 aliphatic rings. The number of rotatable bonds is 5. The highest BCUT2D eigenvalue weighted by molar-refractivity contribution is 6.10. The molecule has 0 saturated heterocycles. The number of ether oxygens (including phenoxy) is 2. The minimum absolute atomic E-state index is 0.0820. The summed E-state index contributed by atoms with van der Waals surface area (Å²) in [5.41, 5.74) is 1.95. The van der Waals surface area contributed by atoms with Crippen LogP contribution >= 0.6 is 0 Å². The summed E-state index contributed by atoms with van der Waals surface area (Å²) in [6.07, 6.45) is 1.71. The van der Waals surface area contributed by atoms with E-state index in [9.17, 15) is 18.4 Å². The lowest BCUT2D eigenvalue weighted by molar-refractivity contribution is -0.116. The summed E-state index contributed by atoms with van der Waals surface area (Å²) in [6.45, 7) is 1.71. The number of dihydropyridines is 1. The zero-order valence-electron chi connectivity index (χ0n) is 18.6. The molecule has 0 unspecified atom stereocenters. The van der Waals surface area contributed by atoms with Gasteiger partial charge in [-0.1, -0.05) is 12.1 Å². The van der Waals surface area contributed by atoms with Crippen molar-refractivity contribution >= 4 is 17.4 Å². The van der Waals surface area contributed by atoms with Crippen molar-refractivity contribution in [1.29, 1.82) is 0 Å². The topological polar surface area (TPSA) is 76.7 Å². The monoisotopic (exact) mass is 454 g/mol. The molecule has 33 heavy (non-hydrogen) atoms. The van der Waals surface area contributed by atoms with E-state index in [0.717, 1.165) is 17.8 Å². The maximum atomic E-state index is 14.2. The van der Waals surface area contributed by atoms with Gasteiger partial charge in [0.2, 0.25) is 0 Å². The molecule has 6 nitrogen and oxygen atoms in total. The molecule has 1 heterocycles. The van der Waals surface area contributed by atoms with Crippen LogP contribution in [0.3, 0.4) is 0 Å². The molecule has 0 fully saturated rings. The number of carbonyl (C=O) groups excluding carboxylic acids is 2. The van der Waals surface area contributed by atoms with Crippen LogP contribution in [0.15, 0.2) is 58.9 Å². The molecule has 2 aromatic rings. The molecule has 2 aromatic carbocycles. The summed E-state index contributed by atoms with van der Waals surface area (Å²) in [5, 5.41) is 5.54. The van der Waals surface area contributed by atoms with E-state index < -0.39 is 29.1 Å². The van der Waals surface area contributed by atoms with Crippen LogP contribution in [-0.2, 0) is 9.59 Å². The number of anilines is 1. The number of ketones is 1. The molecular formula is C25H24F2N2O4. The number of Topliss-reactive ketones (excluding diaryl/α,β-unsaturated/α-hetero) is 1. The number of benzene rings is 2. The summed E-state index contributed by atoms with van der Waals surface area (Å²) in [4.78, 5) is 26.5. The van der Waals surface area contributed by atoms with Crippen molar-refractivity contribution in [3.05, 3.63) is 76.1 Å². The minimum Gasteiger partial charge on any atom is -0.497 e. The van der Waals surface area contributed by atoms with Gasteiger partial charge in [-0.3, -0.25) is 9.59 Å². The van der Waals surface area contributed by atoms with Gasteiger partial charge in [0.1, 0.15) is 28.8 Å². The number of hydrogen-bond donors (Lipinski definition) is 2. The van der Waals surface area contributed by atoms with Gasteiger partial charge in [0.15, 0.2) is 5.78 Å². The van der Waals surface area contributed by atoms with Gasteiger partial charge in [-0.15, -0.1) is 0 Å². The number of halogens is 2. The number of nitrogens with one attached hydrogen (secondary N) is 2. The van der Waals surface area contributed by atoms with Crippen LogP contribution in [0.5, 0.6) is 11.5 Å². The van der Waals surface area contributed by atoms with Crippen molar-refractivity contribution in [2.45, 2.75) is 32.1 Å². The maximum absolute atomic E-state index is 14.2. The van der Waals surface area contributed by atoms with Gasteiger partial charge >= 0.3 is 0 Å². The number of methoxy groups -OCH3 is 2. The number of carbonyl (C=O) groups is 2. The minimum atomic E-state index is -0.891. The van der Waals surface area contributed by atoms with Crippen molar-refractivity contribution in [2.24, 2.45) is 0 Å². The Balaban J connectivity index is 1.86. The second-order valence-corrected chi connectivity index (χ2v) is 7.92. The van der Waals surface area contributed by atoms with E-state index in [-0.39, 0.29) is 11.4 Å². The normalized spacial score (nSPS) is 18.0. The standard InChI is InChI=1S/C25H24F2N2O4/c1-13-21(25(31)29-24-16(26)6-4-7-17(24)27)22(23-18(28-13)8-5-9-19(23)30)15-11-10-14(32-2)12-20(15)33-3/h4,6-7,10-12,22,28H,5,8-9H2,1-3H3,(H,29,31)/t22-/m0/s1. The summed E-state index contributed by atoms with van der Waals surface area (Å²) in [6, 6.07) is 8.48. The molecule has 1 aliphatic carbocycles. The van der Waals surface area contributed by atoms with E-state index in [1.165, 1.54) is 20.3 Å². The van der Waals surface area contributed by atoms with Gasteiger partial charge < -0.3 is 20.1 Å². The van der Waals surface area contributed by atoms with Crippen LogP contribution in [0, 0.1) is 11.6 Å². The van der Waals surface area contributed by atoms with E-state index in [2.05, 4.69) is 10.6 Å². The Bertz CT molecular complexity index is 1180. The Morgan fingerprint density at radius 3 is 2.48 bits per heavy atom. The van der Waals surface area contributed by atoms with E-state index >= 15 is 0 Å². The fraction of sp³-hybridized carbons (Fsp3) is 0.280. The Hall–Kier alpha value is -3.68. The lowest BCUT2D eigenvalue weighted by atomic mass is 9.74. The molecule has 172 valence electrons. The Morgan fingerprint density at radius 1 is 1.09 bits per heavy atom. The van der Waals surface area contributed by atoms with Crippen LogP contribution in [-0.4, -0.2) is 25.9 Å². The number of amides is 1. The Kier molecular flexibility index (Phi) is 6.18. The highest BCUT2D eigenvalue weighted by Crippen LogP contribution is 2.46. The molecule has 1 amide bonds. The molecule has 4 rings (SSSR count). The van der Waals surface area contributed by atoms with Gasteiger partial charge in [0, 0.05) is 40.6 Å². The largest absolute Gasteiger partial charge is 0.497 e. The van der Waals surface area contributed by atoms with Gasteiger partial charge in [-0.25, -0.2) is 8.78 Å². The average Bonchev–Trinajstić information content (AvgIpc) is 2.80. The third kappa shape index (κ3) is 4.08. The first kappa shape index (κ1) is 22.5. The Morgan fingerprint density at radius 2 is 1.82 bits per heavy atom. The number of allylic oxidation sites excluding steroid dienone is 3. The fourth-order valence-corrected chi connectivity index (χ4v) is 4.45. The van der Waals surface area contributed by atoms with Gasteiger partial charge in [0.25, 0.3) is 5.91 Å². The molecule has 0 spiro atoms. The summed E-state index contributed by atoms with van der Waals surface area (Å²) < 4.78 is 39.3. The quantitative estimate of drug-likeness (QED) is 0.691. The molecule has 0 radical (unpaired) electrons. The predicted molar refractivity (Wildman–Crippen MR) is 119 cm³/mol. The summed E-state index contributed by atoms with van der Waals surface area (Å²) in [5.74, 6) is -2.37. The van der Waals surface area contributed by atoms with Crippen LogP contribution in [0.1, 0.15) is 37.7 Å². The average molecular weight is 454 g/mol. The van der Waals surface area contributed by atoms with Crippen molar-refractivity contribution in [3.8, 4) is 11.5 Å². The van der Waals surface area contributed by atoms with Gasteiger partial charge in [-0.2, -0.15) is 0 Å². The van der Waals surface area contributed by atoms with Crippen LogP contribution in [0.2, 0.25) is 0 Å². The van der Waals surface area contributed by atoms with E-state index in [1.807, 2.05) is 0 Å². The summed E-state index contributed by atoms with van der Waals surface area (Å²) in [7, 11) is 3.01. The van der Waals surface area contributed by atoms with Gasteiger partial charge in [0.05, 0.1) is 20.1 Å². The highest BCUT2D eigenvalue weighted by atomic mass is 19.1. The van der Waals surface area contributed by atoms with Crippen molar-refractivity contribution in [3.63, 3.8) is 0 Å². The van der Waals surface area contributed by atoms with Crippen molar-refractivity contribution in [2.75, 3.05) is 19.5 Å². The second kappa shape index (κ2) is 9.05. The smallest absolute Gasteiger partial charge is 0.254 e. The number of hydrogen-bond acceptors (Lipinski definition) is 5. The zero-order valence-corrected chi connectivity index (χ0v) is 18.6. The third-order valence-electron chi connectivity index (χ3n) is 5.97. The van der Waals surface area contributed by atoms with Crippen LogP contribution in [0.25, 0.3) is 0 Å². The van der Waals surface area contributed by atoms with E-state index in [0.29, 0.717) is 47.6 Å². The molecule has 8 heteroatoms. The fourth-order valence-electron chi connectivity index (χ4n) is 4.45. The lowest BCUT2D eigenvalue weighted by Crippen LogP contribution is -2.35. The van der Waals surface area contributed by atoms with Crippen LogP contribution < -0.4 is 20.1 Å². The first-order valence-electron chi connectivity index (χ1n) is 10.6. The van der Waals surface area contributed by atoms with E-state index in [1.54, 1.807) is 25.1 Å². The molecule has 2 N–H and O–H groups in total. The third-order valence-corrected chi connectivity index (χ3v) is 5.97. The van der Waals surface area contributed by atoms with E-state index in [4.69, 9.17) is 9.47 Å². The maximum Gasteiger partial charge on any atom is 0.254 e. The first-order chi connectivity index (χ1) is 15.8. The molecule has 1 aliphatic heterocycles. The SMILES string of the molecule is COc1ccc([C@H]2C(C(=O)Nc3c(F)cccc3F)=C(C)NC3=C2C(=O)CCC3)c(OC)c1. The van der Waals surface area contributed by atoms with Crippen molar-refractivity contribution in [1.82, 2.24) is 5.32 Å². The highest BCUT2D eigenvalue weighted by Gasteiger charge is 2.40. The van der Waals surface area contributed by atoms with Crippen LogP contribution in [0.4, 0.5) is 14.5 Å². The molecule has 0 saturated carbocycles. The Labute approximate surface area is 190 Å². The molecule has 0 bridgehead atoms. The summed E-state index contributed by atoms with van der Waals surface area (Å²) >= 11 is 0. The first-order valence-corrected chi connectivity index (χ1v) is 10.6. The molecular weight excluding hydrogens is 430 g/mol.